The van der Waals surface area contributed by atoms with Gasteiger partial charge in [-0.15, -0.1) is 0 Å². The number of ether oxygens (including phenoxy) is 1. The lowest BCUT2D eigenvalue weighted by molar-refractivity contribution is -0.143. The van der Waals surface area contributed by atoms with Crippen LogP contribution in [0.5, 0.6) is 5.75 Å². The van der Waals surface area contributed by atoms with Gasteiger partial charge < -0.3 is 9.84 Å². The van der Waals surface area contributed by atoms with E-state index in [4.69, 9.17) is 4.74 Å². The van der Waals surface area contributed by atoms with Gasteiger partial charge in [-0.25, -0.2) is 4.79 Å². The zero-order chi connectivity index (χ0) is 14.0. The first-order valence-corrected chi connectivity index (χ1v) is 6.07. The van der Waals surface area contributed by atoms with Gasteiger partial charge in [-0.05, 0) is 36.9 Å². The normalized spacial score (nSPS) is 12.1. The number of hydrogen-bond acceptors (Lipinski definition) is 3. The number of fused-ring (bicyclic) bond motifs is 1. The van der Waals surface area contributed by atoms with Gasteiger partial charge in [0.25, 0.3) is 0 Å². The molecule has 0 amide bonds. The summed E-state index contributed by atoms with van der Waals surface area (Å²) in [5.41, 5.74) is 1.26. The van der Waals surface area contributed by atoms with E-state index in [9.17, 15) is 9.90 Å². The van der Waals surface area contributed by atoms with Gasteiger partial charge in [-0.3, -0.25) is 0 Å². The van der Waals surface area contributed by atoms with Gasteiger partial charge in [0, 0.05) is 11.0 Å². The highest BCUT2D eigenvalue weighted by Gasteiger charge is 2.13. The molecule has 19 heavy (non-hydrogen) atoms. The van der Waals surface area contributed by atoms with E-state index in [2.05, 4.69) is 6.58 Å². The van der Waals surface area contributed by atoms with Crippen LogP contribution in [0, 0.1) is 0 Å². The van der Waals surface area contributed by atoms with E-state index in [0.29, 0.717) is 5.57 Å². The molecule has 1 unspecified atom stereocenters. The number of carbonyl (C=O) groups is 1. The molecule has 2 aromatic rings. The predicted octanol–water partition coefficient (Wildman–Crippen LogP) is 3.73. The molecule has 1 N–H and O–H groups in total. The summed E-state index contributed by atoms with van der Waals surface area (Å²) in [4.78, 5) is 11.5. The maximum Gasteiger partial charge on any atom is 0.333 e. The molecule has 2 rings (SSSR count). The lowest BCUT2D eigenvalue weighted by Gasteiger charge is -2.14. The fraction of sp³-hybridized carbons (Fsp3) is 0.188. The van der Waals surface area contributed by atoms with Crippen LogP contribution in [0.3, 0.4) is 0 Å². The van der Waals surface area contributed by atoms with Crippen LogP contribution in [0.4, 0.5) is 0 Å². The van der Waals surface area contributed by atoms with Crippen molar-refractivity contribution in [1.82, 2.24) is 0 Å². The van der Waals surface area contributed by atoms with Crippen LogP contribution in [-0.4, -0.2) is 11.1 Å². The minimum absolute atomic E-state index is 0.246. The lowest BCUT2D eigenvalue weighted by atomic mass is 10.0. The number of aromatic hydroxyl groups is 1. The fourth-order valence-electron chi connectivity index (χ4n) is 1.87. The Morgan fingerprint density at radius 2 is 2.05 bits per heavy atom. The predicted molar refractivity (Wildman–Crippen MR) is 74.9 cm³/mol. The Morgan fingerprint density at radius 3 is 2.74 bits per heavy atom. The Bertz CT molecular complexity index is 643. The topological polar surface area (TPSA) is 46.5 Å². The molecule has 0 heterocycles. The first kappa shape index (κ1) is 13.1. The Hall–Kier alpha value is -2.29. The zero-order valence-electron chi connectivity index (χ0n) is 11.0. The zero-order valence-corrected chi connectivity index (χ0v) is 11.0. The summed E-state index contributed by atoms with van der Waals surface area (Å²) in [6.07, 6.45) is -0.351. The molecule has 1 atom stereocenters. The molecule has 2 aromatic carbocycles. The first-order chi connectivity index (χ1) is 8.99. The van der Waals surface area contributed by atoms with Crippen LogP contribution >= 0.6 is 0 Å². The molecule has 0 bridgehead atoms. The average molecular weight is 256 g/mol. The van der Waals surface area contributed by atoms with Crippen molar-refractivity contribution < 1.29 is 14.6 Å². The molecule has 0 aliphatic rings. The minimum Gasteiger partial charge on any atom is -0.507 e. The third kappa shape index (κ3) is 2.76. The molecule has 0 fully saturated rings. The van der Waals surface area contributed by atoms with E-state index in [1.807, 2.05) is 31.2 Å². The second-order valence-corrected chi connectivity index (χ2v) is 4.59. The standard InChI is InChI=1S/C16H16O3/c1-10(2)16(18)19-11(3)12-7-8-14-13(9-12)5-4-6-15(14)17/h4-9,11,17H,1H2,2-3H3. The van der Waals surface area contributed by atoms with Crippen LogP contribution in [0.15, 0.2) is 48.6 Å². The lowest BCUT2D eigenvalue weighted by Crippen LogP contribution is -2.09. The average Bonchev–Trinajstić information content (AvgIpc) is 2.38. The van der Waals surface area contributed by atoms with Crippen molar-refractivity contribution in [2.45, 2.75) is 20.0 Å². The maximum atomic E-state index is 11.5. The first-order valence-electron chi connectivity index (χ1n) is 6.07. The molecule has 0 spiro atoms. The number of rotatable bonds is 3. The Labute approximate surface area is 112 Å². The molecule has 0 aromatic heterocycles. The van der Waals surface area contributed by atoms with Crippen molar-refractivity contribution in [3.05, 3.63) is 54.1 Å². The van der Waals surface area contributed by atoms with Gasteiger partial charge >= 0.3 is 5.97 Å². The molecule has 3 heteroatoms. The Morgan fingerprint density at radius 1 is 1.32 bits per heavy atom. The van der Waals surface area contributed by atoms with Crippen molar-refractivity contribution in [3.63, 3.8) is 0 Å². The molecule has 3 nitrogen and oxygen atoms in total. The van der Waals surface area contributed by atoms with E-state index in [0.717, 1.165) is 16.3 Å². The molecule has 0 saturated heterocycles. The minimum atomic E-state index is -0.400. The van der Waals surface area contributed by atoms with E-state index >= 15 is 0 Å². The number of phenolic OH excluding ortho intramolecular Hbond substituents is 1. The van der Waals surface area contributed by atoms with Gasteiger partial charge in [0.1, 0.15) is 11.9 Å². The molecule has 0 aliphatic heterocycles. The van der Waals surface area contributed by atoms with Crippen molar-refractivity contribution in [3.8, 4) is 5.75 Å². The van der Waals surface area contributed by atoms with Crippen molar-refractivity contribution in [2.24, 2.45) is 0 Å². The van der Waals surface area contributed by atoms with E-state index < -0.39 is 5.97 Å². The molecule has 0 radical (unpaired) electrons. The number of carbonyl (C=O) groups excluding carboxylic acids is 1. The smallest absolute Gasteiger partial charge is 0.333 e. The van der Waals surface area contributed by atoms with Gasteiger partial charge in [0.2, 0.25) is 0 Å². The van der Waals surface area contributed by atoms with E-state index in [1.54, 1.807) is 19.1 Å². The summed E-state index contributed by atoms with van der Waals surface area (Å²) in [5, 5.41) is 11.4. The largest absolute Gasteiger partial charge is 0.507 e. The number of benzene rings is 2. The van der Waals surface area contributed by atoms with Crippen molar-refractivity contribution in [2.75, 3.05) is 0 Å². The summed E-state index contributed by atoms with van der Waals surface area (Å²) >= 11 is 0. The third-order valence-electron chi connectivity index (χ3n) is 2.98. The summed E-state index contributed by atoms with van der Waals surface area (Å²) in [5.74, 6) is -0.154. The summed E-state index contributed by atoms with van der Waals surface area (Å²) < 4.78 is 5.28. The highest BCUT2D eigenvalue weighted by molar-refractivity contribution is 5.89. The van der Waals surface area contributed by atoms with Crippen LogP contribution < -0.4 is 0 Å². The third-order valence-corrected chi connectivity index (χ3v) is 2.98. The molecule has 0 aliphatic carbocycles. The van der Waals surface area contributed by atoms with Gasteiger partial charge in [0.15, 0.2) is 0 Å². The van der Waals surface area contributed by atoms with Gasteiger partial charge in [0.05, 0.1) is 0 Å². The highest BCUT2D eigenvalue weighted by Crippen LogP contribution is 2.28. The van der Waals surface area contributed by atoms with Crippen molar-refractivity contribution >= 4 is 16.7 Å². The second kappa shape index (κ2) is 5.14. The number of esters is 1. The monoisotopic (exact) mass is 256 g/mol. The quantitative estimate of drug-likeness (QED) is 0.672. The highest BCUT2D eigenvalue weighted by atomic mass is 16.5. The Kier molecular flexibility index (Phi) is 3.56. The summed E-state index contributed by atoms with van der Waals surface area (Å²) in [6.45, 7) is 6.98. The summed E-state index contributed by atoms with van der Waals surface area (Å²) in [6, 6.07) is 10.9. The fourth-order valence-corrected chi connectivity index (χ4v) is 1.87. The number of hydrogen-bond donors (Lipinski definition) is 1. The maximum absolute atomic E-state index is 11.5. The van der Waals surface area contributed by atoms with E-state index in [-0.39, 0.29) is 11.9 Å². The Balaban J connectivity index is 2.31. The molecule has 98 valence electrons. The van der Waals surface area contributed by atoms with Crippen LogP contribution in [0.25, 0.3) is 10.8 Å². The SMILES string of the molecule is C=C(C)C(=O)OC(C)c1ccc2c(O)cccc2c1. The van der Waals surface area contributed by atoms with Crippen LogP contribution in [-0.2, 0) is 9.53 Å². The second-order valence-electron chi connectivity index (χ2n) is 4.59. The van der Waals surface area contributed by atoms with Crippen LogP contribution in [0.2, 0.25) is 0 Å². The van der Waals surface area contributed by atoms with Crippen molar-refractivity contribution in [1.29, 1.82) is 0 Å². The number of phenols is 1. The molecule has 0 saturated carbocycles. The molecular formula is C16H16O3. The van der Waals surface area contributed by atoms with Crippen LogP contribution in [0.1, 0.15) is 25.5 Å². The van der Waals surface area contributed by atoms with Gasteiger partial charge in [-0.2, -0.15) is 0 Å². The van der Waals surface area contributed by atoms with Gasteiger partial charge in [-0.1, -0.05) is 30.8 Å². The molecular weight excluding hydrogens is 240 g/mol. The summed E-state index contributed by atoms with van der Waals surface area (Å²) in [7, 11) is 0. The van der Waals surface area contributed by atoms with E-state index in [1.165, 1.54) is 0 Å².